The van der Waals surface area contributed by atoms with Crippen LogP contribution in [-0.2, 0) is 33.3 Å². The van der Waals surface area contributed by atoms with E-state index >= 15 is 0 Å². The van der Waals surface area contributed by atoms with Crippen molar-refractivity contribution in [2.75, 3.05) is 52.9 Å². The van der Waals surface area contributed by atoms with E-state index in [1.807, 2.05) is 34.0 Å². The molecule has 17 nitrogen and oxygen atoms in total. The van der Waals surface area contributed by atoms with Crippen molar-refractivity contribution in [1.82, 2.24) is 4.98 Å². The quantitative estimate of drug-likeness (QED) is 0.0285. The lowest BCUT2D eigenvalue weighted by molar-refractivity contribution is -0.748. The molecular formula is C48H58N3O14S+. The molecule has 0 aliphatic carbocycles. The standard InChI is InChI=1S/C48H57N3O14S/c1-23-12-11-13-24(2)47(57)50-37-40(55)34-33(36-44(37)63-32-22-29(14-15-30(32)49-36)60-21-20-59-19-17-51(8,9)66)35-42(26(4)38(34)53)65-48(7,46(35)56)61-18-16-31(58-10)25(3)43(62-28(6)52)45-39(54)27(5)41(23)64-45/h11-16,18,22-23,25,27,31,39,41,43,45,54,66H,17,19-21H2,1-10H3,(H-,49,50,53,55,56,57)/p+1/b12-11+,18-16+,24-13-/t23-,25+,27-,31-,39+,41-,43+,45+,48-/m0/s1. The van der Waals surface area contributed by atoms with E-state index in [1.165, 1.54) is 40.2 Å². The molecule has 18 heteroatoms. The van der Waals surface area contributed by atoms with Gasteiger partial charge >= 0.3 is 11.8 Å². The van der Waals surface area contributed by atoms with E-state index in [9.17, 15) is 29.4 Å². The van der Waals surface area contributed by atoms with Crippen molar-refractivity contribution in [3.8, 4) is 17.2 Å². The number of hydrogen-bond donors (Lipinski definition) is 4. The Kier molecular flexibility index (Phi) is 13.9. The molecule has 354 valence electrons. The van der Waals surface area contributed by atoms with Gasteiger partial charge in [0, 0.05) is 61.3 Å². The fourth-order valence-electron chi connectivity index (χ4n) is 8.66. The molecule has 9 atom stereocenters. The Balaban J connectivity index is 1.37. The minimum atomic E-state index is -2.05. The van der Waals surface area contributed by atoms with E-state index in [0.29, 0.717) is 34.9 Å². The van der Waals surface area contributed by atoms with Gasteiger partial charge in [-0.25, -0.2) is 4.98 Å². The SMILES string of the molecule is CO[C@H]1/C=C/O[C@@]2(C)Oc3c(C)c(=O)c4c(O)c(c5oc6cc(OCCOCC[N+](C)(C)S)ccc6nc5c4c3C2=O)NC(=O)/C(C)=C\C=C\[C@H](C)[C@@H]2O[C@H]([C@H](O)[C@@H]2C)[C@H](OC(C)=O)[C@@H]1C. The third-order valence-corrected chi connectivity index (χ3v) is 12.7. The van der Waals surface area contributed by atoms with Crippen molar-refractivity contribution in [2.24, 2.45) is 17.8 Å². The highest BCUT2D eigenvalue weighted by molar-refractivity contribution is 7.74. The molecule has 3 N–H and O–H groups in total. The van der Waals surface area contributed by atoms with Gasteiger partial charge in [-0.2, -0.15) is 0 Å². The van der Waals surface area contributed by atoms with Crippen molar-refractivity contribution >= 4 is 69.1 Å². The largest absolute Gasteiger partial charge is 0.505 e. The first-order valence-corrected chi connectivity index (χ1v) is 22.2. The van der Waals surface area contributed by atoms with E-state index in [1.54, 1.807) is 44.2 Å². The summed E-state index contributed by atoms with van der Waals surface area (Å²) in [7, 11) is 5.34. The number of aromatic hydroxyl groups is 1. The minimum absolute atomic E-state index is 0.00830. The predicted molar refractivity (Wildman–Crippen MR) is 248 cm³/mol. The van der Waals surface area contributed by atoms with Gasteiger partial charge in [0.15, 0.2) is 22.3 Å². The lowest BCUT2D eigenvalue weighted by Crippen LogP contribution is -2.46. The zero-order chi connectivity index (χ0) is 48.0. The van der Waals surface area contributed by atoms with Gasteiger partial charge in [-0.05, 0) is 32.1 Å². The number of thiol groups is 1. The van der Waals surface area contributed by atoms with Crippen LogP contribution in [0.5, 0.6) is 17.2 Å². The molecule has 0 unspecified atom stereocenters. The number of phenolic OH excluding ortho intramolecular Hbond substituents is 1. The number of aliphatic hydroxyl groups is 1. The number of amides is 1. The number of nitrogens with zero attached hydrogens (tertiary/aromatic N) is 2. The Morgan fingerprint density at radius 2 is 1.77 bits per heavy atom. The number of Topliss-reactive ketones (excluding diaryl/α,β-unsaturated/α-hetero) is 1. The lowest BCUT2D eigenvalue weighted by Gasteiger charge is -2.33. The summed E-state index contributed by atoms with van der Waals surface area (Å²) < 4.78 is 49.0. The van der Waals surface area contributed by atoms with E-state index < -0.39 is 77.0 Å². The molecule has 4 aliphatic heterocycles. The number of carbonyl (C=O) groups is 3. The second-order valence-electron chi connectivity index (χ2n) is 17.9. The van der Waals surface area contributed by atoms with Gasteiger partial charge in [0.2, 0.25) is 0 Å². The summed E-state index contributed by atoms with van der Waals surface area (Å²) in [4.78, 5) is 60.5. The van der Waals surface area contributed by atoms with Gasteiger partial charge in [-0.1, -0.05) is 39.0 Å². The van der Waals surface area contributed by atoms with Crippen LogP contribution in [-0.4, -0.2) is 121 Å². The molecule has 66 heavy (non-hydrogen) atoms. The fourth-order valence-corrected chi connectivity index (χ4v) is 8.74. The first-order chi connectivity index (χ1) is 31.1. The molecule has 4 aliphatic rings. The lowest BCUT2D eigenvalue weighted by atomic mass is 9.86. The summed E-state index contributed by atoms with van der Waals surface area (Å²) in [5.74, 6) is -5.62. The van der Waals surface area contributed by atoms with Crippen LogP contribution < -0.4 is 20.2 Å². The van der Waals surface area contributed by atoms with E-state index in [-0.39, 0.29) is 68.1 Å². The maximum atomic E-state index is 14.7. The Morgan fingerprint density at radius 3 is 2.47 bits per heavy atom. The smallest absolute Gasteiger partial charge is 0.312 e. The van der Waals surface area contributed by atoms with Crippen molar-refractivity contribution in [3.63, 3.8) is 0 Å². The maximum Gasteiger partial charge on any atom is 0.312 e. The zero-order valence-electron chi connectivity index (χ0n) is 38.7. The minimum Gasteiger partial charge on any atom is -0.505 e. The molecule has 1 fully saturated rings. The van der Waals surface area contributed by atoms with Crippen LogP contribution >= 0.6 is 12.8 Å². The Morgan fingerprint density at radius 1 is 1.03 bits per heavy atom. The van der Waals surface area contributed by atoms with Crippen LogP contribution in [0.4, 0.5) is 5.69 Å². The summed E-state index contributed by atoms with van der Waals surface area (Å²) in [5.41, 5.74) is -0.509. The van der Waals surface area contributed by atoms with Gasteiger partial charge in [0.25, 0.3) is 11.7 Å². The number of aliphatic hydroxyl groups excluding tert-OH is 1. The average molecular weight is 933 g/mol. The number of phenols is 1. The molecule has 0 radical (unpaired) electrons. The van der Waals surface area contributed by atoms with Crippen LogP contribution in [0.3, 0.4) is 0 Å². The number of ketones is 1. The second-order valence-corrected chi connectivity index (χ2v) is 19.0. The summed E-state index contributed by atoms with van der Waals surface area (Å²) in [6.07, 6.45) is 3.56. The van der Waals surface area contributed by atoms with E-state index in [2.05, 4.69) is 18.1 Å². The molecule has 8 rings (SSSR count). The van der Waals surface area contributed by atoms with E-state index in [0.717, 1.165) is 0 Å². The summed E-state index contributed by atoms with van der Waals surface area (Å²) in [5, 5.41) is 26.0. The first-order valence-electron chi connectivity index (χ1n) is 21.8. The number of aromatic nitrogens is 1. The number of carbonyl (C=O) groups excluding carboxylic acids is 3. The zero-order valence-corrected chi connectivity index (χ0v) is 39.6. The maximum absolute atomic E-state index is 14.7. The molecule has 0 saturated carbocycles. The van der Waals surface area contributed by atoms with Gasteiger partial charge in [0.1, 0.15) is 53.6 Å². The highest BCUT2D eigenvalue weighted by atomic mass is 32.1. The molecular weight excluding hydrogens is 875 g/mol. The number of hydrogen-bond acceptors (Lipinski definition) is 16. The topological polar surface area (TPSA) is 211 Å². The number of methoxy groups -OCH3 is 1. The van der Waals surface area contributed by atoms with E-state index in [4.69, 9.17) is 42.6 Å². The van der Waals surface area contributed by atoms with Crippen molar-refractivity contribution in [3.05, 3.63) is 75.7 Å². The predicted octanol–water partition coefficient (Wildman–Crippen LogP) is 6.08. The van der Waals surface area contributed by atoms with Crippen molar-refractivity contribution in [1.29, 1.82) is 0 Å². The van der Waals surface area contributed by atoms with Gasteiger partial charge in [0.05, 0.1) is 75.6 Å². The Hall–Kier alpha value is -5.50. The molecule has 7 bridgehead atoms. The van der Waals surface area contributed by atoms with Crippen molar-refractivity contribution < 1.29 is 66.1 Å². The number of esters is 1. The summed E-state index contributed by atoms with van der Waals surface area (Å²) in [6, 6.07) is 4.92. The molecule has 1 saturated heterocycles. The van der Waals surface area contributed by atoms with Gasteiger partial charge < -0.3 is 53.1 Å². The number of likely N-dealkylation sites (N-methyl/N-ethyl adjacent to an activating group) is 1. The van der Waals surface area contributed by atoms with Crippen LogP contribution in [0, 0.1) is 24.7 Å². The number of anilines is 1. The average Bonchev–Trinajstić information content (AvgIpc) is 3.70. The Labute approximate surface area is 387 Å². The molecule has 4 aromatic rings. The Bertz CT molecular complexity index is 2720. The number of benzene rings is 3. The fraction of sp³-hybridized carbons (Fsp3) is 0.479. The molecule has 0 spiro atoms. The van der Waals surface area contributed by atoms with Crippen LogP contribution in [0.2, 0.25) is 0 Å². The van der Waals surface area contributed by atoms with Crippen LogP contribution in [0.25, 0.3) is 33.0 Å². The number of nitrogens with one attached hydrogen (secondary N) is 1. The highest BCUT2D eigenvalue weighted by Gasteiger charge is 2.51. The van der Waals surface area contributed by atoms with Crippen molar-refractivity contribution in [2.45, 2.75) is 84.8 Å². The second kappa shape index (κ2) is 19.0. The van der Waals surface area contributed by atoms with Gasteiger partial charge in [-0.3, -0.25) is 23.1 Å². The third-order valence-electron chi connectivity index (χ3n) is 12.5. The van der Waals surface area contributed by atoms with Crippen LogP contribution in [0.1, 0.15) is 57.5 Å². The number of rotatable bonds is 9. The number of fused-ring (bicyclic) bond motifs is 9. The first kappa shape index (κ1) is 48.4. The molecule has 1 aromatic heterocycles. The molecule has 5 heterocycles. The molecule has 1 amide bonds. The third kappa shape index (κ3) is 9.39. The molecule has 3 aromatic carbocycles. The monoisotopic (exact) mass is 932 g/mol. The normalized spacial score (nSPS) is 28.9. The van der Waals surface area contributed by atoms with Crippen LogP contribution in [0.15, 0.2) is 63.6 Å². The van der Waals surface area contributed by atoms with Gasteiger partial charge in [-0.15, -0.1) is 0 Å². The number of ether oxygens (including phenoxy) is 7. The summed E-state index contributed by atoms with van der Waals surface area (Å²) in [6.45, 7) is 12.9. The number of allylic oxidation sites excluding steroid dienone is 2. The number of quaternary nitrogens is 1. The summed E-state index contributed by atoms with van der Waals surface area (Å²) >= 11 is 4.47. The highest BCUT2D eigenvalue weighted by Crippen LogP contribution is 2.48.